The fraction of sp³-hybridized carbons (Fsp3) is 1.00. The van der Waals surface area contributed by atoms with E-state index >= 15 is 0 Å². The highest BCUT2D eigenvalue weighted by atomic mass is 16.3. The molecule has 0 heterocycles. The van der Waals surface area contributed by atoms with E-state index in [2.05, 4.69) is 18.7 Å². The summed E-state index contributed by atoms with van der Waals surface area (Å²) in [5.74, 6) is 0.291. The Morgan fingerprint density at radius 2 is 1.75 bits per heavy atom. The van der Waals surface area contributed by atoms with Crippen molar-refractivity contribution in [3.05, 3.63) is 0 Å². The highest BCUT2D eigenvalue weighted by Gasteiger charge is 2.11. The normalized spacial score (nSPS) is 14.2. The summed E-state index contributed by atoms with van der Waals surface area (Å²) in [4.78, 5) is 2.17. The molecule has 74 valence electrons. The lowest BCUT2D eigenvalue weighted by molar-refractivity contribution is 0.124. The zero-order valence-electron chi connectivity index (χ0n) is 8.32. The molecule has 0 amide bonds. The van der Waals surface area contributed by atoms with Gasteiger partial charge in [0.25, 0.3) is 0 Å². The molecule has 0 rings (SSSR count). The van der Waals surface area contributed by atoms with Crippen LogP contribution in [0.1, 0.15) is 20.8 Å². The van der Waals surface area contributed by atoms with Gasteiger partial charge in [-0.05, 0) is 19.8 Å². The summed E-state index contributed by atoms with van der Waals surface area (Å²) in [6.07, 6.45) is 0. The molecular formula is C9H21NO2. The molecule has 0 saturated carbocycles. The minimum Gasteiger partial charge on any atom is -0.396 e. The highest BCUT2D eigenvalue weighted by Crippen LogP contribution is 2.03. The van der Waals surface area contributed by atoms with E-state index in [9.17, 15) is 0 Å². The lowest BCUT2D eigenvalue weighted by Gasteiger charge is -2.27. The maximum absolute atomic E-state index is 8.84. The average molecular weight is 175 g/mol. The van der Waals surface area contributed by atoms with Gasteiger partial charge in [-0.2, -0.15) is 0 Å². The van der Waals surface area contributed by atoms with Crippen molar-refractivity contribution >= 4 is 0 Å². The van der Waals surface area contributed by atoms with Gasteiger partial charge < -0.3 is 10.2 Å². The van der Waals surface area contributed by atoms with Gasteiger partial charge in [-0.3, -0.25) is 4.90 Å². The van der Waals surface area contributed by atoms with Crippen molar-refractivity contribution in [2.75, 3.05) is 26.3 Å². The van der Waals surface area contributed by atoms with Crippen LogP contribution in [0.15, 0.2) is 0 Å². The van der Waals surface area contributed by atoms with Crippen LogP contribution in [0.4, 0.5) is 0 Å². The van der Waals surface area contributed by atoms with E-state index in [1.165, 1.54) is 0 Å². The monoisotopic (exact) mass is 175 g/mol. The third-order valence-electron chi connectivity index (χ3n) is 1.98. The molecule has 0 saturated heterocycles. The molecule has 0 radical (unpaired) electrons. The minimum absolute atomic E-state index is 0.191. The second-order valence-corrected chi connectivity index (χ2v) is 3.60. The zero-order valence-corrected chi connectivity index (χ0v) is 8.32. The molecule has 0 fully saturated rings. The van der Waals surface area contributed by atoms with Crippen molar-refractivity contribution in [1.82, 2.24) is 4.90 Å². The molecule has 3 heteroatoms. The second kappa shape index (κ2) is 6.40. The van der Waals surface area contributed by atoms with Gasteiger partial charge in [0, 0.05) is 25.7 Å². The van der Waals surface area contributed by atoms with Crippen LogP contribution >= 0.6 is 0 Å². The number of nitrogens with zero attached hydrogens (tertiary/aromatic N) is 1. The lowest BCUT2D eigenvalue weighted by atomic mass is 10.1. The van der Waals surface area contributed by atoms with Crippen molar-refractivity contribution in [1.29, 1.82) is 0 Å². The van der Waals surface area contributed by atoms with Crippen LogP contribution in [-0.4, -0.2) is 47.5 Å². The molecule has 12 heavy (non-hydrogen) atoms. The van der Waals surface area contributed by atoms with Gasteiger partial charge in [0.15, 0.2) is 0 Å². The second-order valence-electron chi connectivity index (χ2n) is 3.60. The first-order valence-corrected chi connectivity index (χ1v) is 4.57. The standard InChI is InChI=1S/C9H21NO2/c1-8(2)10(4-5-11)6-9(3)7-12/h8-9,11-12H,4-7H2,1-3H3. The molecule has 3 nitrogen and oxygen atoms in total. The van der Waals surface area contributed by atoms with Gasteiger partial charge in [-0.1, -0.05) is 6.92 Å². The first-order valence-electron chi connectivity index (χ1n) is 4.57. The number of hydrogen-bond donors (Lipinski definition) is 2. The Hall–Kier alpha value is -0.120. The molecule has 1 atom stereocenters. The quantitative estimate of drug-likeness (QED) is 0.611. The van der Waals surface area contributed by atoms with Crippen LogP contribution in [0.2, 0.25) is 0 Å². The third kappa shape index (κ3) is 4.70. The van der Waals surface area contributed by atoms with Gasteiger partial charge in [-0.25, -0.2) is 0 Å². The number of rotatable bonds is 6. The van der Waals surface area contributed by atoms with Gasteiger partial charge in [0.1, 0.15) is 0 Å². The third-order valence-corrected chi connectivity index (χ3v) is 1.98. The van der Waals surface area contributed by atoms with Gasteiger partial charge >= 0.3 is 0 Å². The topological polar surface area (TPSA) is 43.7 Å². The van der Waals surface area contributed by atoms with Crippen molar-refractivity contribution in [2.24, 2.45) is 5.92 Å². The van der Waals surface area contributed by atoms with Crippen molar-refractivity contribution < 1.29 is 10.2 Å². The van der Waals surface area contributed by atoms with Crippen LogP contribution in [0.3, 0.4) is 0 Å². The molecule has 0 aromatic rings. The summed E-state index contributed by atoms with van der Waals surface area (Å²) in [7, 11) is 0. The summed E-state index contributed by atoms with van der Waals surface area (Å²) in [5, 5.41) is 17.6. The molecule has 1 unspecified atom stereocenters. The van der Waals surface area contributed by atoms with Crippen LogP contribution in [0.5, 0.6) is 0 Å². The van der Waals surface area contributed by atoms with Gasteiger partial charge in [0.05, 0.1) is 6.61 Å². The smallest absolute Gasteiger partial charge is 0.0558 e. The fourth-order valence-corrected chi connectivity index (χ4v) is 1.15. The first kappa shape index (κ1) is 11.9. The molecule has 0 bridgehead atoms. The van der Waals surface area contributed by atoms with Crippen molar-refractivity contribution in [2.45, 2.75) is 26.8 Å². The van der Waals surface area contributed by atoms with Crippen LogP contribution < -0.4 is 0 Å². The minimum atomic E-state index is 0.191. The van der Waals surface area contributed by atoms with E-state index in [1.807, 2.05) is 6.92 Å². The van der Waals surface area contributed by atoms with E-state index in [0.29, 0.717) is 18.5 Å². The molecule has 0 aliphatic heterocycles. The largest absolute Gasteiger partial charge is 0.396 e. The van der Waals surface area contributed by atoms with E-state index in [0.717, 1.165) is 6.54 Å². The number of hydrogen-bond acceptors (Lipinski definition) is 3. The van der Waals surface area contributed by atoms with Crippen LogP contribution in [0, 0.1) is 5.92 Å². The highest BCUT2D eigenvalue weighted by molar-refractivity contribution is 4.65. The predicted molar refractivity (Wildman–Crippen MR) is 50.0 cm³/mol. The van der Waals surface area contributed by atoms with Crippen LogP contribution in [0.25, 0.3) is 0 Å². The molecule has 0 aliphatic rings. The zero-order chi connectivity index (χ0) is 9.56. The summed E-state index contributed by atoms with van der Waals surface area (Å²) in [6.45, 7) is 8.16. The van der Waals surface area contributed by atoms with Crippen molar-refractivity contribution in [3.63, 3.8) is 0 Å². The average Bonchev–Trinajstić information content (AvgIpc) is 2.03. The summed E-state index contributed by atoms with van der Waals surface area (Å²) < 4.78 is 0. The maximum Gasteiger partial charge on any atom is 0.0558 e. The molecule has 0 aromatic carbocycles. The SMILES string of the molecule is CC(CO)CN(CCO)C(C)C. The van der Waals surface area contributed by atoms with E-state index in [1.54, 1.807) is 0 Å². The Balaban J connectivity index is 3.77. The van der Waals surface area contributed by atoms with E-state index in [4.69, 9.17) is 10.2 Å². The van der Waals surface area contributed by atoms with E-state index < -0.39 is 0 Å². The fourth-order valence-electron chi connectivity index (χ4n) is 1.15. The molecule has 0 aliphatic carbocycles. The molecule has 0 spiro atoms. The summed E-state index contributed by atoms with van der Waals surface area (Å²) in [6, 6.07) is 0.436. The Morgan fingerprint density at radius 3 is 2.08 bits per heavy atom. The molecular weight excluding hydrogens is 154 g/mol. The molecule has 0 aromatic heterocycles. The van der Waals surface area contributed by atoms with Crippen molar-refractivity contribution in [3.8, 4) is 0 Å². The summed E-state index contributed by atoms with van der Waals surface area (Å²) >= 11 is 0. The summed E-state index contributed by atoms with van der Waals surface area (Å²) in [5.41, 5.74) is 0. The number of aliphatic hydroxyl groups excluding tert-OH is 2. The molecule has 2 N–H and O–H groups in total. The maximum atomic E-state index is 8.84. The van der Waals surface area contributed by atoms with Crippen LogP contribution in [-0.2, 0) is 0 Å². The Bertz CT molecular complexity index is 107. The van der Waals surface area contributed by atoms with Gasteiger partial charge in [-0.15, -0.1) is 0 Å². The predicted octanol–water partition coefficient (Wildman–Crippen LogP) is 0.317. The van der Waals surface area contributed by atoms with Gasteiger partial charge in [0.2, 0.25) is 0 Å². The lowest BCUT2D eigenvalue weighted by Crippen LogP contribution is -2.37. The Kier molecular flexibility index (Phi) is 6.34. The first-order chi connectivity index (χ1) is 5.61. The van der Waals surface area contributed by atoms with E-state index in [-0.39, 0.29) is 13.2 Å². The number of aliphatic hydroxyl groups is 2. The Labute approximate surface area is 75.0 Å². The Morgan fingerprint density at radius 1 is 1.17 bits per heavy atom.